The Balaban J connectivity index is 2.25. The molecule has 104 valence electrons. The highest BCUT2D eigenvalue weighted by atomic mass is 79.9. The largest absolute Gasteiger partial charge is 0.491 e. The maximum atomic E-state index is 13.3. The smallest absolute Gasteiger partial charge is 0.227 e. The summed E-state index contributed by atoms with van der Waals surface area (Å²) in [6.45, 7) is 3.15. The number of carbonyl (C=O) groups excluding carboxylic acids is 1. The topological polar surface area (TPSA) is 29.5 Å². The molecule has 0 N–H and O–H groups in total. The van der Waals surface area contributed by atoms with E-state index >= 15 is 0 Å². The average molecular weight is 330 g/mol. The summed E-state index contributed by atoms with van der Waals surface area (Å²) >= 11 is 3.41. The third-order valence-electron chi connectivity index (χ3n) is 3.10. The predicted octanol–water partition coefficient (Wildman–Crippen LogP) is 3.36. The second kappa shape index (κ2) is 6.37. The van der Waals surface area contributed by atoms with E-state index in [1.165, 1.54) is 12.1 Å². The highest BCUT2D eigenvalue weighted by Gasteiger charge is 2.31. The number of ether oxygens (including phenoxy) is 1. The molecule has 0 aromatic heterocycles. The highest BCUT2D eigenvalue weighted by Crippen LogP contribution is 2.34. The number of nitrogens with zero attached hydrogens (tertiary/aromatic N) is 1. The minimum atomic E-state index is -0.349. The lowest BCUT2D eigenvalue weighted by Gasteiger charge is -2.20. The molecule has 1 amide bonds. The molecule has 1 unspecified atom stereocenters. The first-order valence-corrected chi connectivity index (χ1v) is 7.56. The Bertz CT molecular complexity index is 467. The Kier molecular flexibility index (Phi) is 4.80. The van der Waals surface area contributed by atoms with Gasteiger partial charge in [-0.25, -0.2) is 4.39 Å². The van der Waals surface area contributed by atoms with Crippen molar-refractivity contribution in [1.82, 2.24) is 0 Å². The molecule has 1 aliphatic rings. The number of alkyl halides is 1. The molecule has 1 aromatic carbocycles. The number of hydrogen-bond donors (Lipinski definition) is 0. The summed E-state index contributed by atoms with van der Waals surface area (Å²) < 4.78 is 18.9. The normalized spacial score (nSPS) is 19.0. The van der Waals surface area contributed by atoms with Gasteiger partial charge in [-0.3, -0.25) is 4.79 Å². The molecule has 1 aromatic rings. The lowest BCUT2D eigenvalue weighted by Crippen LogP contribution is -2.25. The van der Waals surface area contributed by atoms with E-state index in [1.54, 1.807) is 11.0 Å². The van der Waals surface area contributed by atoms with Gasteiger partial charge in [0, 0.05) is 24.4 Å². The van der Waals surface area contributed by atoms with Crippen LogP contribution in [0.25, 0.3) is 0 Å². The first-order valence-electron chi connectivity index (χ1n) is 6.44. The molecular formula is C14H17BrFNO2. The van der Waals surface area contributed by atoms with Crippen molar-refractivity contribution in [2.24, 2.45) is 5.92 Å². The molecule has 2 rings (SSSR count). The molecule has 0 spiro atoms. The summed E-state index contributed by atoms with van der Waals surface area (Å²) in [7, 11) is 0. The first kappa shape index (κ1) is 14.3. The van der Waals surface area contributed by atoms with E-state index < -0.39 is 0 Å². The zero-order valence-electron chi connectivity index (χ0n) is 10.9. The van der Waals surface area contributed by atoms with Crippen molar-refractivity contribution < 1.29 is 13.9 Å². The average Bonchev–Trinajstić information content (AvgIpc) is 2.78. The lowest BCUT2D eigenvalue weighted by atomic mass is 10.2. The molecule has 1 saturated heterocycles. The van der Waals surface area contributed by atoms with Crippen LogP contribution in [0.5, 0.6) is 5.75 Å². The number of anilines is 1. The van der Waals surface area contributed by atoms with Gasteiger partial charge < -0.3 is 9.64 Å². The maximum Gasteiger partial charge on any atom is 0.227 e. The van der Waals surface area contributed by atoms with Gasteiger partial charge in [-0.1, -0.05) is 22.9 Å². The summed E-state index contributed by atoms with van der Waals surface area (Å²) in [5, 5.41) is 0.793. The van der Waals surface area contributed by atoms with Crippen LogP contribution >= 0.6 is 15.9 Å². The number of carbonyl (C=O) groups is 1. The van der Waals surface area contributed by atoms with Crippen LogP contribution in [0.4, 0.5) is 10.1 Å². The molecule has 1 fully saturated rings. The van der Waals surface area contributed by atoms with E-state index in [4.69, 9.17) is 4.74 Å². The Morgan fingerprint density at radius 2 is 2.32 bits per heavy atom. The third kappa shape index (κ3) is 3.26. The van der Waals surface area contributed by atoms with Crippen LogP contribution in [0.15, 0.2) is 18.2 Å². The van der Waals surface area contributed by atoms with Gasteiger partial charge in [-0.05, 0) is 24.5 Å². The Morgan fingerprint density at radius 3 is 2.95 bits per heavy atom. The minimum absolute atomic E-state index is 0.0670. The standard InChI is InChI=1S/C14H17BrFNO2/c1-2-5-19-13-7-11(16)3-4-12(13)17-9-10(8-15)6-14(17)18/h3-4,7,10H,2,5-6,8-9H2,1H3. The van der Waals surface area contributed by atoms with Gasteiger partial charge in [0.1, 0.15) is 11.6 Å². The van der Waals surface area contributed by atoms with Crippen molar-refractivity contribution >= 4 is 27.5 Å². The molecule has 0 bridgehead atoms. The first-order chi connectivity index (χ1) is 9.15. The Hall–Kier alpha value is -1.10. The fraction of sp³-hybridized carbons (Fsp3) is 0.500. The second-order valence-electron chi connectivity index (χ2n) is 4.69. The second-order valence-corrected chi connectivity index (χ2v) is 5.34. The number of benzene rings is 1. The molecule has 1 heterocycles. The summed E-state index contributed by atoms with van der Waals surface area (Å²) in [5.41, 5.74) is 0.670. The molecule has 1 aliphatic heterocycles. The van der Waals surface area contributed by atoms with Crippen LogP contribution in [0.3, 0.4) is 0 Å². The predicted molar refractivity (Wildman–Crippen MR) is 76.4 cm³/mol. The Morgan fingerprint density at radius 1 is 1.53 bits per heavy atom. The molecule has 1 atom stereocenters. The number of halogens is 2. The van der Waals surface area contributed by atoms with Crippen LogP contribution in [0, 0.1) is 11.7 Å². The zero-order chi connectivity index (χ0) is 13.8. The molecular weight excluding hydrogens is 313 g/mol. The minimum Gasteiger partial charge on any atom is -0.491 e. The molecule has 0 aliphatic carbocycles. The molecule has 0 radical (unpaired) electrons. The van der Waals surface area contributed by atoms with Gasteiger partial charge in [0.15, 0.2) is 0 Å². The van der Waals surface area contributed by atoms with Crippen molar-refractivity contribution in [3.05, 3.63) is 24.0 Å². The summed E-state index contributed by atoms with van der Waals surface area (Å²) in [6.07, 6.45) is 1.36. The summed E-state index contributed by atoms with van der Waals surface area (Å²) in [6, 6.07) is 4.33. The van der Waals surface area contributed by atoms with Crippen LogP contribution in [-0.4, -0.2) is 24.4 Å². The van der Waals surface area contributed by atoms with E-state index in [9.17, 15) is 9.18 Å². The molecule has 19 heavy (non-hydrogen) atoms. The summed E-state index contributed by atoms with van der Waals surface area (Å²) in [4.78, 5) is 13.7. The van der Waals surface area contributed by atoms with Crippen molar-refractivity contribution in [2.75, 3.05) is 23.4 Å². The van der Waals surface area contributed by atoms with Crippen molar-refractivity contribution in [3.8, 4) is 5.75 Å². The quantitative estimate of drug-likeness (QED) is 0.775. The van der Waals surface area contributed by atoms with E-state index in [-0.39, 0.29) is 11.7 Å². The zero-order valence-corrected chi connectivity index (χ0v) is 12.5. The van der Waals surface area contributed by atoms with Crippen molar-refractivity contribution in [1.29, 1.82) is 0 Å². The van der Waals surface area contributed by atoms with E-state index in [0.29, 0.717) is 36.9 Å². The number of amides is 1. The highest BCUT2D eigenvalue weighted by molar-refractivity contribution is 9.09. The van der Waals surface area contributed by atoms with Gasteiger partial charge in [0.2, 0.25) is 5.91 Å². The fourth-order valence-corrected chi connectivity index (χ4v) is 2.59. The summed E-state index contributed by atoms with van der Waals surface area (Å²) in [5.74, 6) is 0.470. The van der Waals surface area contributed by atoms with E-state index in [2.05, 4.69) is 15.9 Å². The lowest BCUT2D eigenvalue weighted by molar-refractivity contribution is -0.117. The van der Waals surface area contributed by atoms with Crippen LogP contribution < -0.4 is 9.64 Å². The van der Waals surface area contributed by atoms with E-state index in [0.717, 1.165) is 11.8 Å². The van der Waals surface area contributed by atoms with Gasteiger partial charge in [0.05, 0.1) is 12.3 Å². The van der Waals surface area contributed by atoms with E-state index in [1.807, 2.05) is 6.92 Å². The van der Waals surface area contributed by atoms with Crippen molar-refractivity contribution in [3.63, 3.8) is 0 Å². The monoisotopic (exact) mass is 329 g/mol. The van der Waals surface area contributed by atoms with Gasteiger partial charge in [0.25, 0.3) is 0 Å². The Labute approximate surface area is 120 Å². The van der Waals surface area contributed by atoms with Crippen LogP contribution in [-0.2, 0) is 4.79 Å². The maximum absolute atomic E-state index is 13.3. The van der Waals surface area contributed by atoms with Crippen LogP contribution in [0.2, 0.25) is 0 Å². The third-order valence-corrected chi connectivity index (χ3v) is 4.01. The number of rotatable bonds is 5. The van der Waals surface area contributed by atoms with Crippen LogP contribution in [0.1, 0.15) is 19.8 Å². The fourth-order valence-electron chi connectivity index (χ4n) is 2.16. The molecule has 3 nitrogen and oxygen atoms in total. The van der Waals surface area contributed by atoms with Crippen molar-refractivity contribution in [2.45, 2.75) is 19.8 Å². The van der Waals surface area contributed by atoms with Gasteiger partial charge >= 0.3 is 0 Å². The SMILES string of the molecule is CCCOc1cc(F)ccc1N1CC(CBr)CC1=O. The molecule has 0 saturated carbocycles. The number of hydrogen-bond acceptors (Lipinski definition) is 2. The van der Waals surface area contributed by atoms with Gasteiger partial charge in [-0.2, -0.15) is 0 Å². The molecule has 5 heteroatoms. The van der Waals surface area contributed by atoms with Gasteiger partial charge in [-0.15, -0.1) is 0 Å².